The van der Waals surface area contributed by atoms with Gasteiger partial charge in [0.25, 0.3) is 0 Å². The van der Waals surface area contributed by atoms with Crippen LogP contribution in [-0.2, 0) is 16.4 Å². The highest BCUT2D eigenvalue weighted by Gasteiger charge is 2.30. The summed E-state index contributed by atoms with van der Waals surface area (Å²) < 4.78 is 24.8. The first-order valence-corrected chi connectivity index (χ1v) is 9.75. The van der Waals surface area contributed by atoms with Crippen LogP contribution in [0.1, 0.15) is 38.5 Å². The van der Waals surface area contributed by atoms with E-state index in [0.717, 1.165) is 11.9 Å². The summed E-state index contributed by atoms with van der Waals surface area (Å²) in [5.41, 5.74) is 0.220. The molecule has 1 saturated carbocycles. The second kappa shape index (κ2) is 5.95. The highest BCUT2D eigenvalue weighted by molar-refractivity contribution is 9.09. The first-order chi connectivity index (χ1) is 8.95. The van der Waals surface area contributed by atoms with Crippen molar-refractivity contribution in [1.82, 2.24) is 9.78 Å². The van der Waals surface area contributed by atoms with E-state index in [9.17, 15) is 8.42 Å². The van der Waals surface area contributed by atoms with Crippen molar-refractivity contribution in [2.24, 2.45) is 5.41 Å². The topological polar surface area (TPSA) is 52.0 Å². The van der Waals surface area contributed by atoms with Crippen molar-refractivity contribution in [3.63, 3.8) is 0 Å². The molecule has 1 aromatic heterocycles. The fourth-order valence-corrected chi connectivity index (χ4v) is 4.07. The Labute approximate surface area is 123 Å². The van der Waals surface area contributed by atoms with E-state index >= 15 is 0 Å². The standard InChI is InChI=1S/C13H21BrN2O2S/c1-19(17,18)12-8-15-16(9-12)11-13(10-14)6-4-2-3-5-7-13/h8-9H,2-7,10-11H2,1H3. The van der Waals surface area contributed by atoms with E-state index in [-0.39, 0.29) is 5.41 Å². The van der Waals surface area contributed by atoms with Crippen molar-refractivity contribution in [3.8, 4) is 0 Å². The maximum atomic E-state index is 11.5. The minimum atomic E-state index is -3.15. The maximum Gasteiger partial charge on any atom is 0.178 e. The molecule has 0 spiro atoms. The molecule has 0 unspecified atom stereocenters. The lowest BCUT2D eigenvalue weighted by atomic mass is 9.82. The number of hydrogen-bond acceptors (Lipinski definition) is 3. The van der Waals surface area contributed by atoms with Crippen LogP contribution < -0.4 is 0 Å². The number of rotatable bonds is 4. The van der Waals surface area contributed by atoms with Gasteiger partial charge in [0.1, 0.15) is 4.90 Å². The summed E-state index contributed by atoms with van der Waals surface area (Å²) in [5.74, 6) is 0. The monoisotopic (exact) mass is 348 g/mol. The van der Waals surface area contributed by atoms with Crippen LogP contribution >= 0.6 is 15.9 Å². The Morgan fingerprint density at radius 1 is 1.32 bits per heavy atom. The molecule has 0 aromatic carbocycles. The van der Waals surface area contributed by atoms with E-state index in [1.807, 2.05) is 0 Å². The summed E-state index contributed by atoms with van der Waals surface area (Å²) >= 11 is 3.65. The molecule has 1 aromatic rings. The Morgan fingerprint density at radius 3 is 2.42 bits per heavy atom. The zero-order valence-electron chi connectivity index (χ0n) is 11.3. The molecule has 0 aliphatic heterocycles. The molecule has 0 radical (unpaired) electrons. The van der Waals surface area contributed by atoms with Crippen LogP contribution in [0.3, 0.4) is 0 Å². The minimum absolute atomic E-state index is 0.220. The Morgan fingerprint density at radius 2 is 1.95 bits per heavy atom. The van der Waals surface area contributed by atoms with Gasteiger partial charge < -0.3 is 0 Å². The molecule has 19 heavy (non-hydrogen) atoms. The summed E-state index contributed by atoms with van der Waals surface area (Å²) in [7, 11) is -3.15. The fourth-order valence-electron chi connectivity index (χ4n) is 2.78. The van der Waals surface area contributed by atoms with Gasteiger partial charge in [0.15, 0.2) is 9.84 Å². The summed E-state index contributed by atoms with van der Waals surface area (Å²) in [6.45, 7) is 0.799. The minimum Gasteiger partial charge on any atom is -0.271 e. The zero-order chi connectivity index (χ0) is 13.9. The molecule has 1 aliphatic carbocycles. The first kappa shape index (κ1) is 15.0. The van der Waals surface area contributed by atoms with Crippen LogP contribution in [0.2, 0.25) is 0 Å². The molecule has 0 N–H and O–H groups in total. The smallest absolute Gasteiger partial charge is 0.178 e. The Bertz CT molecular complexity index is 517. The third kappa shape index (κ3) is 3.81. The van der Waals surface area contributed by atoms with Gasteiger partial charge in [0, 0.05) is 24.3 Å². The predicted octanol–water partition coefficient (Wildman–Crippen LogP) is 3.02. The molecule has 0 saturated heterocycles. The SMILES string of the molecule is CS(=O)(=O)c1cnn(CC2(CBr)CCCCCC2)c1. The van der Waals surface area contributed by atoms with Gasteiger partial charge in [-0.05, 0) is 18.3 Å². The Kier molecular flexibility index (Phi) is 4.71. The molecule has 2 rings (SSSR count). The van der Waals surface area contributed by atoms with Crippen LogP contribution in [0.5, 0.6) is 0 Å². The normalized spacial score (nSPS) is 20.1. The third-order valence-corrected chi connectivity index (χ3v) is 6.24. The second-order valence-electron chi connectivity index (χ2n) is 5.69. The summed E-state index contributed by atoms with van der Waals surface area (Å²) in [4.78, 5) is 0.311. The molecule has 108 valence electrons. The number of alkyl halides is 1. The lowest BCUT2D eigenvalue weighted by Gasteiger charge is -2.30. The fraction of sp³-hybridized carbons (Fsp3) is 0.769. The molecular weight excluding hydrogens is 328 g/mol. The van der Waals surface area contributed by atoms with Crippen molar-refractivity contribution in [2.75, 3.05) is 11.6 Å². The van der Waals surface area contributed by atoms with Gasteiger partial charge in [-0.15, -0.1) is 0 Å². The van der Waals surface area contributed by atoms with Gasteiger partial charge in [-0.2, -0.15) is 5.10 Å². The van der Waals surface area contributed by atoms with E-state index in [2.05, 4.69) is 21.0 Å². The van der Waals surface area contributed by atoms with Crippen LogP contribution in [0.4, 0.5) is 0 Å². The Balaban J connectivity index is 2.16. The first-order valence-electron chi connectivity index (χ1n) is 6.74. The van der Waals surface area contributed by atoms with Crippen molar-refractivity contribution < 1.29 is 8.42 Å². The van der Waals surface area contributed by atoms with Gasteiger partial charge in [0.05, 0.1) is 6.20 Å². The highest BCUT2D eigenvalue weighted by atomic mass is 79.9. The van der Waals surface area contributed by atoms with E-state index in [0.29, 0.717) is 4.90 Å². The molecule has 1 heterocycles. The maximum absolute atomic E-state index is 11.5. The lowest BCUT2D eigenvalue weighted by Crippen LogP contribution is -2.28. The quantitative estimate of drug-likeness (QED) is 0.620. The van der Waals surface area contributed by atoms with E-state index in [1.54, 1.807) is 10.9 Å². The van der Waals surface area contributed by atoms with Gasteiger partial charge in [-0.3, -0.25) is 4.68 Å². The molecule has 1 fully saturated rings. The van der Waals surface area contributed by atoms with Crippen LogP contribution in [0.15, 0.2) is 17.3 Å². The summed E-state index contributed by atoms with van der Waals surface area (Å²) in [6, 6.07) is 0. The molecule has 4 nitrogen and oxygen atoms in total. The average molecular weight is 349 g/mol. The number of sulfone groups is 1. The van der Waals surface area contributed by atoms with Gasteiger partial charge in [-0.25, -0.2) is 8.42 Å². The number of aromatic nitrogens is 2. The number of hydrogen-bond donors (Lipinski definition) is 0. The van der Waals surface area contributed by atoms with E-state index < -0.39 is 9.84 Å². The molecule has 6 heteroatoms. The van der Waals surface area contributed by atoms with E-state index in [4.69, 9.17) is 0 Å². The van der Waals surface area contributed by atoms with Crippen molar-refractivity contribution in [2.45, 2.75) is 50.0 Å². The predicted molar refractivity (Wildman–Crippen MR) is 79.3 cm³/mol. The van der Waals surface area contributed by atoms with Gasteiger partial charge >= 0.3 is 0 Å². The van der Waals surface area contributed by atoms with Crippen molar-refractivity contribution in [3.05, 3.63) is 12.4 Å². The molecule has 0 amide bonds. The average Bonchev–Trinajstić information content (AvgIpc) is 2.69. The number of nitrogens with zero attached hydrogens (tertiary/aromatic N) is 2. The molecular formula is C13H21BrN2O2S. The lowest BCUT2D eigenvalue weighted by molar-refractivity contribution is 0.232. The van der Waals surface area contributed by atoms with Gasteiger partial charge in [0.2, 0.25) is 0 Å². The van der Waals surface area contributed by atoms with Crippen LogP contribution in [-0.4, -0.2) is 29.8 Å². The highest BCUT2D eigenvalue weighted by Crippen LogP contribution is 2.38. The summed E-state index contributed by atoms with van der Waals surface area (Å²) in [6.07, 6.45) is 11.8. The molecule has 0 bridgehead atoms. The third-order valence-electron chi connectivity index (χ3n) is 3.98. The largest absolute Gasteiger partial charge is 0.271 e. The summed E-state index contributed by atoms with van der Waals surface area (Å²) in [5, 5.41) is 5.17. The van der Waals surface area contributed by atoms with Crippen LogP contribution in [0, 0.1) is 5.41 Å². The van der Waals surface area contributed by atoms with Crippen molar-refractivity contribution >= 4 is 25.8 Å². The Hall–Kier alpha value is -0.360. The van der Waals surface area contributed by atoms with Crippen molar-refractivity contribution in [1.29, 1.82) is 0 Å². The molecule has 0 atom stereocenters. The number of halogens is 1. The zero-order valence-corrected chi connectivity index (χ0v) is 13.7. The van der Waals surface area contributed by atoms with Gasteiger partial charge in [-0.1, -0.05) is 41.6 Å². The van der Waals surface area contributed by atoms with Crippen LogP contribution in [0.25, 0.3) is 0 Å². The van der Waals surface area contributed by atoms with E-state index in [1.165, 1.54) is 51.0 Å². The second-order valence-corrected chi connectivity index (χ2v) is 8.27. The molecule has 1 aliphatic rings.